The van der Waals surface area contributed by atoms with Crippen LogP contribution in [0.25, 0.3) is 22.5 Å². The molecule has 1 unspecified atom stereocenters. The second kappa shape index (κ2) is 11.0. The van der Waals surface area contributed by atoms with Gasteiger partial charge in [0.25, 0.3) is 11.8 Å². The van der Waals surface area contributed by atoms with Crippen molar-refractivity contribution in [2.24, 2.45) is 0 Å². The van der Waals surface area contributed by atoms with Gasteiger partial charge in [0, 0.05) is 27.8 Å². The summed E-state index contributed by atoms with van der Waals surface area (Å²) < 4.78 is 25.9. The molecular weight excluding hydrogens is 510 g/mol. The van der Waals surface area contributed by atoms with E-state index in [1.54, 1.807) is 23.6 Å². The van der Waals surface area contributed by atoms with Crippen LogP contribution in [0.4, 0.5) is 5.13 Å². The Labute approximate surface area is 219 Å². The molecule has 1 atom stereocenters. The number of nitrogens with zero attached hydrogens (tertiary/aromatic N) is 3. The molecule has 0 bridgehead atoms. The fourth-order valence-corrected chi connectivity index (χ4v) is 5.34. The van der Waals surface area contributed by atoms with Crippen molar-refractivity contribution >= 4 is 38.1 Å². The highest BCUT2D eigenvalue weighted by Crippen LogP contribution is 2.28. The molecule has 4 rings (SSSR count). The average Bonchev–Trinajstić information content (AvgIpc) is 3.36. The minimum atomic E-state index is -4.03. The molecule has 2 aromatic heterocycles. The van der Waals surface area contributed by atoms with Gasteiger partial charge in [0.1, 0.15) is 6.33 Å². The van der Waals surface area contributed by atoms with E-state index < -0.39 is 32.3 Å². The smallest absolute Gasteiger partial charge is 0.264 e. The highest BCUT2D eigenvalue weighted by molar-refractivity contribution is 7.93. The third-order valence-electron chi connectivity index (χ3n) is 5.51. The van der Waals surface area contributed by atoms with Gasteiger partial charge in [-0.15, -0.1) is 11.3 Å². The predicted octanol–water partition coefficient (Wildman–Crippen LogP) is 4.09. The quantitative estimate of drug-likeness (QED) is 0.347. The Kier molecular flexibility index (Phi) is 7.74. The number of rotatable bonds is 8. The first-order valence-corrected chi connectivity index (χ1v) is 13.9. The number of anilines is 1. The van der Waals surface area contributed by atoms with Gasteiger partial charge in [-0.3, -0.25) is 14.9 Å². The predicted molar refractivity (Wildman–Crippen MR) is 144 cm³/mol. The molecule has 11 heteroatoms. The van der Waals surface area contributed by atoms with Gasteiger partial charge in [0.2, 0.25) is 5.37 Å². The summed E-state index contributed by atoms with van der Waals surface area (Å²) in [6, 6.07) is 17.6. The second-order valence-electron chi connectivity index (χ2n) is 8.51. The molecule has 0 aliphatic carbocycles. The van der Waals surface area contributed by atoms with E-state index in [2.05, 4.69) is 25.6 Å². The first kappa shape index (κ1) is 26.1. The van der Waals surface area contributed by atoms with Gasteiger partial charge in [-0.1, -0.05) is 36.4 Å². The molecule has 0 saturated heterocycles. The lowest BCUT2D eigenvalue weighted by Crippen LogP contribution is -2.51. The Hall–Kier alpha value is -3.96. The molecule has 0 saturated carbocycles. The van der Waals surface area contributed by atoms with Gasteiger partial charge in [-0.2, -0.15) is 0 Å². The van der Waals surface area contributed by atoms with E-state index in [1.165, 1.54) is 32.3 Å². The molecule has 0 aliphatic rings. The molecule has 37 heavy (non-hydrogen) atoms. The Morgan fingerprint density at radius 2 is 1.62 bits per heavy atom. The summed E-state index contributed by atoms with van der Waals surface area (Å²) in [7, 11) is -4.03. The minimum Gasteiger partial charge on any atom is -0.328 e. The first-order chi connectivity index (χ1) is 17.6. The Morgan fingerprint density at radius 1 is 0.919 bits per heavy atom. The molecule has 0 fully saturated rings. The summed E-state index contributed by atoms with van der Waals surface area (Å²) >= 11 is 1.15. The number of amides is 2. The van der Waals surface area contributed by atoms with Gasteiger partial charge in [0.15, 0.2) is 15.0 Å². The third kappa shape index (κ3) is 6.07. The highest BCUT2D eigenvalue weighted by atomic mass is 32.2. The van der Waals surface area contributed by atoms with Crippen LogP contribution >= 0.6 is 11.3 Å². The van der Waals surface area contributed by atoms with Crippen molar-refractivity contribution in [3.05, 3.63) is 83.6 Å². The van der Waals surface area contributed by atoms with Crippen molar-refractivity contribution < 1.29 is 18.0 Å². The maximum absolute atomic E-state index is 13.1. The van der Waals surface area contributed by atoms with Crippen molar-refractivity contribution in [2.75, 3.05) is 5.32 Å². The molecular formula is C26H25N5O4S2. The van der Waals surface area contributed by atoms with Gasteiger partial charge >= 0.3 is 0 Å². The molecule has 190 valence electrons. The Morgan fingerprint density at radius 3 is 2.30 bits per heavy atom. The third-order valence-corrected chi connectivity index (χ3v) is 8.57. The van der Waals surface area contributed by atoms with E-state index in [4.69, 9.17) is 0 Å². The van der Waals surface area contributed by atoms with Crippen LogP contribution in [-0.2, 0) is 14.6 Å². The number of aryl methyl sites for hydroxylation is 1. The number of nitrogens with one attached hydrogen (secondary N) is 2. The van der Waals surface area contributed by atoms with Crippen LogP contribution in [0.1, 0.15) is 29.9 Å². The van der Waals surface area contributed by atoms with Gasteiger partial charge < -0.3 is 5.32 Å². The normalized spacial score (nSPS) is 12.2. The number of carbonyl (C=O) groups excluding carboxylic acids is 2. The van der Waals surface area contributed by atoms with Crippen LogP contribution in [0.15, 0.2) is 72.4 Å². The van der Waals surface area contributed by atoms with Crippen LogP contribution < -0.4 is 10.6 Å². The summed E-state index contributed by atoms with van der Waals surface area (Å²) in [5.74, 6) is -1.55. The van der Waals surface area contributed by atoms with E-state index in [1.807, 2.05) is 37.3 Å². The van der Waals surface area contributed by atoms with E-state index >= 15 is 0 Å². The fourth-order valence-electron chi connectivity index (χ4n) is 3.45. The van der Waals surface area contributed by atoms with Crippen molar-refractivity contribution in [1.82, 2.24) is 20.3 Å². The maximum atomic E-state index is 13.1. The molecule has 0 aliphatic heterocycles. The molecule has 2 N–H and O–H groups in total. The first-order valence-electron chi connectivity index (χ1n) is 11.4. The largest absolute Gasteiger partial charge is 0.328 e. The SMILES string of the molecule is Cc1cc(-c2cccc(-c3csc(NC(=O)C(NC(=O)c4ccccc4)S(=O)(=O)C(C)C)n3)c2)ncn1. The minimum absolute atomic E-state index is 0.209. The summed E-state index contributed by atoms with van der Waals surface area (Å²) in [5.41, 5.74) is 4.15. The summed E-state index contributed by atoms with van der Waals surface area (Å²) in [6.45, 7) is 4.80. The van der Waals surface area contributed by atoms with Crippen molar-refractivity contribution in [3.63, 3.8) is 0 Å². The van der Waals surface area contributed by atoms with E-state index in [0.717, 1.165) is 33.9 Å². The van der Waals surface area contributed by atoms with Crippen LogP contribution in [0, 0.1) is 6.92 Å². The summed E-state index contributed by atoms with van der Waals surface area (Å²) in [5, 5.41) is 4.22. The Balaban J connectivity index is 1.56. The van der Waals surface area contributed by atoms with Gasteiger partial charge in [-0.05, 0) is 45.0 Å². The van der Waals surface area contributed by atoms with Crippen LogP contribution in [0.2, 0.25) is 0 Å². The lowest BCUT2D eigenvalue weighted by atomic mass is 10.1. The second-order valence-corrected chi connectivity index (χ2v) is 12.0. The van der Waals surface area contributed by atoms with Gasteiger partial charge in [0.05, 0.1) is 16.6 Å². The monoisotopic (exact) mass is 535 g/mol. The number of sulfone groups is 1. The Bertz CT molecular complexity index is 1540. The maximum Gasteiger partial charge on any atom is 0.264 e. The van der Waals surface area contributed by atoms with E-state index in [9.17, 15) is 18.0 Å². The van der Waals surface area contributed by atoms with Crippen molar-refractivity contribution in [3.8, 4) is 22.5 Å². The molecule has 0 spiro atoms. The zero-order valence-corrected chi connectivity index (χ0v) is 22.0. The van der Waals surface area contributed by atoms with E-state index in [-0.39, 0.29) is 10.7 Å². The molecule has 9 nitrogen and oxygen atoms in total. The molecule has 4 aromatic rings. The number of thiazole rings is 1. The van der Waals surface area contributed by atoms with E-state index in [0.29, 0.717) is 5.69 Å². The highest BCUT2D eigenvalue weighted by Gasteiger charge is 2.37. The summed E-state index contributed by atoms with van der Waals surface area (Å²) in [4.78, 5) is 38.7. The molecule has 0 radical (unpaired) electrons. The molecule has 2 aromatic carbocycles. The fraction of sp³-hybridized carbons (Fsp3) is 0.192. The van der Waals surface area contributed by atoms with Crippen molar-refractivity contribution in [2.45, 2.75) is 31.4 Å². The number of carbonyl (C=O) groups is 2. The number of hydrogen-bond acceptors (Lipinski definition) is 8. The van der Waals surface area contributed by atoms with Crippen LogP contribution in [-0.4, -0.2) is 45.8 Å². The standard InChI is InChI=1S/C26H25N5O4S2/c1-16(2)37(34,35)25(30-23(32)18-8-5-4-6-9-18)24(33)31-26-29-22(14-36-26)20-11-7-10-19(13-20)21-12-17(3)27-15-28-21/h4-16,25H,1-3H3,(H,30,32)(H,29,31,33). The zero-order chi connectivity index (χ0) is 26.6. The van der Waals surface area contributed by atoms with Gasteiger partial charge in [-0.25, -0.2) is 23.4 Å². The molecule has 2 amide bonds. The van der Waals surface area contributed by atoms with Crippen LogP contribution in [0.3, 0.4) is 0 Å². The van der Waals surface area contributed by atoms with Crippen molar-refractivity contribution in [1.29, 1.82) is 0 Å². The molecule has 2 heterocycles. The topological polar surface area (TPSA) is 131 Å². The number of benzene rings is 2. The van der Waals surface area contributed by atoms with Crippen LogP contribution in [0.5, 0.6) is 0 Å². The summed E-state index contributed by atoms with van der Waals surface area (Å²) in [6.07, 6.45) is 1.51. The number of hydrogen-bond donors (Lipinski definition) is 2. The average molecular weight is 536 g/mol. The zero-order valence-electron chi connectivity index (χ0n) is 20.4. The lowest BCUT2D eigenvalue weighted by molar-refractivity contribution is -0.116. The lowest BCUT2D eigenvalue weighted by Gasteiger charge is -2.20. The number of aromatic nitrogens is 3.